The Hall–Kier alpha value is -0.510. The van der Waals surface area contributed by atoms with E-state index in [0.717, 1.165) is 19.5 Å². The topological polar surface area (TPSA) is 80.1 Å². The fourth-order valence-corrected chi connectivity index (χ4v) is 6.31. The first-order valence-corrected chi connectivity index (χ1v) is 8.97. The van der Waals surface area contributed by atoms with Gasteiger partial charge in [-0.2, -0.15) is 4.31 Å². The van der Waals surface area contributed by atoms with Crippen molar-refractivity contribution in [3.8, 4) is 0 Å². The fourth-order valence-electron chi connectivity index (χ4n) is 3.47. The molecule has 0 aliphatic carbocycles. The van der Waals surface area contributed by atoms with Gasteiger partial charge in [0.25, 0.3) is 10.0 Å². The molecular formula is C11H18BrN5O2S. The second kappa shape index (κ2) is 5.04. The minimum Gasteiger partial charge on any atom is -0.316 e. The Morgan fingerprint density at radius 3 is 2.80 bits per heavy atom. The molecule has 20 heavy (non-hydrogen) atoms. The van der Waals surface area contributed by atoms with Crippen LogP contribution in [0.1, 0.15) is 13.3 Å². The van der Waals surface area contributed by atoms with Gasteiger partial charge in [0.15, 0.2) is 4.60 Å². The summed E-state index contributed by atoms with van der Waals surface area (Å²) in [5, 5.41) is 11.1. The molecule has 2 fully saturated rings. The summed E-state index contributed by atoms with van der Waals surface area (Å²) in [6.45, 7) is 4.43. The molecule has 3 atom stereocenters. The highest BCUT2D eigenvalue weighted by Gasteiger charge is 2.49. The molecule has 0 amide bonds. The SMILES string of the molecule is CCC1C2CNCC2CN1S(=O)(=O)c1c(Br)nnn1C. The van der Waals surface area contributed by atoms with E-state index in [0.29, 0.717) is 18.4 Å². The lowest BCUT2D eigenvalue weighted by Gasteiger charge is -2.25. The van der Waals surface area contributed by atoms with Gasteiger partial charge in [0.2, 0.25) is 5.03 Å². The maximum atomic E-state index is 12.9. The summed E-state index contributed by atoms with van der Waals surface area (Å²) in [4.78, 5) is 0. The van der Waals surface area contributed by atoms with Crippen molar-refractivity contribution in [2.24, 2.45) is 18.9 Å². The lowest BCUT2D eigenvalue weighted by atomic mass is 9.93. The Labute approximate surface area is 126 Å². The van der Waals surface area contributed by atoms with E-state index in [2.05, 4.69) is 31.6 Å². The molecule has 9 heteroatoms. The molecule has 2 saturated heterocycles. The minimum atomic E-state index is -3.56. The molecule has 3 unspecified atom stereocenters. The quantitative estimate of drug-likeness (QED) is 0.829. The van der Waals surface area contributed by atoms with Crippen molar-refractivity contribution in [3.05, 3.63) is 4.60 Å². The minimum absolute atomic E-state index is 0.0572. The molecule has 2 aliphatic rings. The third-order valence-corrected chi connectivity index (χ3v) is 7.16. The third-order valence-electron chi connectivity index (χ3n) is 4.38. The maximum absolute atomic E-state index is 12.9. The normalized spacial score (nSPS) is 30.9. The summed E-state index contributed by atoms with van der Waals surface area (Å²) < 4.78 is 29.1. The van der Waals surface area contributed by atoms with Crippen LogP contribution in [-0.4, -0.2) is 53.4 Å². The Balaban J connectivity index is 2.00. The molecule has 0 spiro atoms. The number of hydrogen-bond donors (Lipinski definition) is 1. The highest BCUT2D eigenvalue weighted by molar-refractivity contribution is 9.10. The molecule has 0 saturated carbocycles. The van der Waals surface area contributed by atoms with Crippen LogP contribution in [0.5, 0.6) is 0 Å². The van der Waals surface area contributed by atoms with Crippen molar-refractivity contribution in [1.82, 2.24) is 24.6 Å². The van der Waals surface area contributed by atoms with E-state index in [1.165, 1.54) is 4.68 Å². The highest BCUT2D eigenvalue weighted by atomic mass is 79.9. The van der Waals surface area contributed by atoms with Gasteiger partial charge in [-0.25, -0.2) is 13.1 Å². The second-order valence-electron chi connectivity index (χ2n) is 5.44. The predicted molar refractivity (Wildman–Crippen MR) is 76.5 cm³/mol. The van der Waals surface area contributed by atoms with Crippen LogP contribution < -0.4 is 5.32 Å². The smallest absolute Gasteiger partial charge is 0.263 e. The van der Waals surface area contributed by atoms with Gasteiger partial charge in [0, 0.05) is 19.6 Å². The molecule has 3 rings (SSSR count). The fraction of sp³-hybridized carbons (Fsp3) is 0.818. The molecule has 1 aromatic rings. The van der Waals surface area contributed by atoms with Gasteiger partial charge in [-0.1, -0.05) is 12.1 Å². The standard InChI is InChI=1S/C11H18BrN5O2S/c1-3-9-8-5-13-4-7(8)6-17(9)20(18,19)11-10(12)14-15-16(11)2/h7-9,13H,3-6H2,1-2H3. The zero-order valence-electron chi connectivity index (χ0n) is 11.5. The summed E-state index contributed by atoms with van der Waals surface area (Å²) in [7, 11) is -1.96. The number of nitrogens with zero attached hydrogens (tertiary/aromatic N) is 4. The van der Waals surface area contributed by atoms with Crippen molar-refractivity contribution >= 4 is 26.0 Å². The monoisotopic (exact) mass is 363 g/mol. The lowest BCUT2D eigenvalue weighted by Crippen LogP contribution is -2.40. The molecule has 1 N–H and O–H groups in total. The van der Waals surface area contributed by atoms with Crippen LogP contribution in [0.25, 0.3) is 0 Å². The first-order valence-electron chi connectivity index (χ1n) is 6.74. The van der Waals surface area contributed by atoms with Crippen molar-refractivity contribution < 1.29 is 8.42 Å². The molecule has 0 radical (unpaired) electrons. The average Bonchev–Trinajstić information content (AvgIpc) is 3.03. The number of fused-ring (bicyclic) bond motifs is 1. The molecule has 1 aromatic heterocycles. The van der Waals surface area contributed by atoms with Crippen LogP contribution in [0.4, 0.5) is 0 Å². The van der Waals surface area contributed by atoms with E-state index in [1.807, 2.05) is 6.92 Å². The Morgan fingerprint density at radius 2 is 2.20 bits per heavy atom. The van der Waals surface area contributed by atoms with Gasteiger partial charge < -0.3 is 5.32 Å². The molecule has 112 valence electrons. The van der Waals surface area contributed by atoms with Crippen LogP contribution in [0.2, 0.25) is 0 Å². The average molecular weight is 364 g/mol. The van der Waals surface area contributed by atoms with Crippen molar-refractivity contribution in [2.75, 3.05) is 19.6 Å². The molecule has 7 nitrogen and oxygen atoms in total. The third kappa shape index (κ3) is 2.02. The van der Waals surface area contributed by atoms with E-state index >= 15 is 0 Å². The Kier molecular flexibility index (Phi) is 3.64. The van der Waals surface area contributed by atoms with Crippen LogP contribution in [0, 0.1) is 11.8 Å². The molecule has 3 heterocycles. The number of sulfonamides is 1. The summed E-state index contributed by atoms with van der Waals surface area (Å²) >= 11 is 3.19. The van der Waals surface area contributed by atoms with Gasteiger partial charge in [0.05, 0.1) is 0 Å². The zero-order valence-corrected chi connectivity index (χ0v) is 13.9. The number of aromatic nitrogens is 3. The van der Waals surface area contributed by atoms with Gasteiger partial charge in [0.1, 0.15) is 0 Å². The predicted octanol–water partition coefficient (Wildman–Crippen LogP) is 0.196. The van der Waals surface area contributed by atoms with Crippen molar-refractivity contribution in [1.29, 1.82) is 0 Å². The van der Waals surface area contributed by atoms with Crippen molar-refractivity contribution in [2.45, 2.75) is 24.4 Å². The second-order valence-corrected chi connectivity index (χ2v) is 8.00. The lowest BCUT2D eigenvalue weighted by molar-refractivity contribution is 0.326. The van der Waals surface area contributed by atoms with Crippen molar-refractivity contribution in [3.63, 3.8) is 0 Å². The van der Waals surface area contributed by atoms with Crippen LogP contribution >= 0.6 is 15.9 Å². The van der Waals surface area contributed by atoms with Crippen LogP contribution in [-0.2, 0) is 17.1 Å². The summed E-state index contributed by atoms with van der Waals surface area (Å²) in [6.07, 6.45) is 0.824. The maximum Gasteiger partial charge on any atom is 0.263 e. The largest absolute Gasteiger partial charge is 0.316 e. The Bertz CT molecular complexity index is 597. The van der Waals surface area contributed by atoms with E-state index in [9.17, 15) is 8.42 Å². The number of aryl methyl sites for hydroxylation is 1. The summed E-state index contributed by atoms with van der Waals surface area (Å²) in [5.74, 6) is 0.824. The molecular weight excluding hydrogens is 346 g/mol. The first-order chi connectivity index (χ1) is 9.46. The Morgan fingerprint density at radius 1 is 1.45 bits per heavy atom. The molecule has 2 aliphatic heterocycles. The zero-order chi connectivity index (χ0) is 14.5. The van der Waals surface area contributed by atoms with Crippen LogP contribution in [0.3, 0.4) is 0 Å². The van der Waals surface area contributed by atoms with Gasteiger partial charge in [-0.3, -0.25) is 0 Å². The van der Waals surface area contributed by atoms with Gasteiger partial charge in [-0.15, -0.1) is 5.10 Å². The number of nitrogens with one attached hydrogen (secondary N) is 1. The summed E-state index contributed by atoms with van der Waals surface area (Å²) in [6, 6.07) is 0.0572. The van der Waals surface area contributed by atoms with Gasteiger partial charge in [-0.05, 0) is 47.3 Å². The number of halogens is 1. The molecule has 0 bridgehead atoms. The van der Waals surface area contributed by atoms with Gasteiger partial charge >= 0.3 is 0 Å². The van der Waals surface area contributed by atoms with Crippen LogP contribution in [0.15, 0.2) is 9.63 Å². The number of hydrogen-bond acceptors (Lipinski definition) is 5. The van der Waals surface area contributed by atoms with E-state index in [4.69, 9.17) is 0 Å². The van der Waals surface area contributed by atoms with E-state index in [1.54, 1.807) is 11.4 Å². The first kappa shape index (κ1) is 14.4. The number of rotatable bonds is 3. The summed E-state index contributed by atoms with van der Waals surface area (Å²) in [5.41, 5.74) is 0. The molecule has 0 aromatic carbocycles. The highest BCUT2D eigenvalue weighted by Crippen LogP contribution is 2.38. The van der Waals surface area contributed by atoms with E-state index < -0.39 is 10.0 Å². The van der Waals surface area contributed by atoms with E-state index in [-0.39, 0.29) is 15.7 Å².